The van der Waals surface area contributed by atoms with Gasteiger partial charge in [0.2, 0.25) is 0 Å². The van der Waals surface area contributed by atoms with Crippen molar-refractivity contribution in [1.82, 2.24) is 5.32 Å². The van der Waals surface area contributed by atoms with Gasteiger partial charge in [0.1, 0.15) is 0 Å². The molecular formula is C16H31NS. The van der Waals surface area contributed by atoms with Crippen LogP contribution in [0.3, 0.4) is 0 Å². The average molecular weight is 269 g/mol. The van der Waals surface area contributed by atoms with Crippen LogP contribution in [0.2, 0.25) is 0 Å². The third-order valence-electron chi connectivity index (χ3n) is 4.76. The van der Waals surface area contributed by atoms with Crippen LogP contribution in [0.25, 0.3) is 0 Å². The van der Waals surface area contributed by atoms with Gasteiger partial charge >= 0.3 is 0 Å². The summed E-state index contributed by atoms with van der Waals surface area (Å²) in [6, 6.07) is 1.51. The second-order valence-corrected chi connectivity index (χ2v) is 9.17. The van der Waals surface area contributed by atoms with E-state index in [9.17, 15) is 0 Å². The highest BCUT2D eigenvalue weighted by atomic mass is 32.2. The highest BCUT2D eigenvalue weighted by Crippen LogP contribution is 2.46. The van der Waals surface area contributed by atoms with Crippen molar-refractivity contribution in [3.63, 3.8) is 0 Å². The summed E-state index contributed by atoms with van der Waals surface area (Å²) in [5.74, 6) is 0. The molecule has 0 radical (unpaired) electrons. The molecule has 0 saturated heterocycles. The van der Waals surface area contributed by atoms with Crippen LogP contribution in [0, 0.1) is 10.8 Å². The van der Waals surface area contributed by atoms with Gasteiger partial charge in [-0.05, 0) is 49.2 Å². The van der Waals surface area contributed by atoms with Crippen molar-refractivity contribution >= 4 is 11.8 Å². The Morgan fingerprint density at radius 1 is 1.00 bits per heavy atom. The first kappa shape index (κ1) is 14.7. The van der Waals surface area contributed by atoms with Crippen LogP contribution in [0.1, 0.15) is 66.2 Å². The Bertz CT molecular complexity index is 269. The maximum absolute atomic E-state index is 4.01. The second kappa shape index (κ2) is 5.36. The summed E-state index contributed by atoms with van der Waals surface area (Å²) in [4.78, 5) is 0. The minimum atomic E-state index is 0.507. The van der Waals surface area contributed by atoms with Gasteiger partial charge in [-0.1, -0.05) is 34.1 Å². The molecule has 0 bridgehead atoms. The Kier molecular flexibility index (Phi) is 4.38. The molecule has 0 aromatic heterocycles. The van der Waals surface area contributed by atoms with Gasteiger partial charge in [-0.15, -0.1) is 0 Å². The lowest BCUT2D eigenvalue weighted by molar-refractivity contribution is 0.0808. The molecule has 2 fully saturated rings. The van der Waals surface area contributed by atoms with E-state index in [0.717, 1.165) is 17.3 Å². The zero-order valence-electron chi connectivity index (χ0n) is 12.9. The van der Waals surface area contributed by atoms with Crippen molar-refractivity contribution in [3.05, 3.63) is 0 Å². The first-order valence-electron chi connectivity index (χ1n) is 7.60. The number of hydrogen-bond acceptors (Lipinski definition) is 2. The van der Waals surface area contributed by atoms with Crippen molar-refractivity contribution in [2.75, 3.05) is 6.26 Å². The first-order chi connectivity index (χ1) is 8.31. The molecule has 0 spiro atoms. The summed E-state index contributed by atoms with van der Waals surface area (Å²) in [5, 5.41) is 4.87. The molecule has 0 aromatic carbocycles. The number of nitrogens with one attached hydrogen (secondary N) is 1. The smallest absolute Gasteiger partial charge is 0.0198 e. The van der Waals surface area contributed by atoms with Crippen molar-refractivity contribution < 1.29 is 0 Å². The molecule has 0 heterocycles. The Morgan fingerprint density at radius 3 is 2.17 bits per heavy atom. The SMILES string of the molecule is CSC1CCCC1NC1CC(C)(C)CC(C)(C)C1. The molecule has 2 atom stereocenters. The molecule has 2 heteroatoms. The van der Waals surface area contributed by atoms with Gasteiger partial charge in [-0.25, -0.2) is 0 Å². The molecular weight excluding hydrogens is 238 g/mol. The number of hydrogen-bond donors (Lipinski definition) is 1. The Hall–Kier alpha value is 0.310. The topological polar surface area (TPSA) is 12.0 Å². The van der Waals surface area contributed by atoms with E-state index in [4.69, 9.17) is 0 Å². The van der Waals surface area contributed by atoms with Crippen molar-refractivity contribution in [2.45, 2.75) is 83.6 Å². The monoisotopic (exact) mass is 269 g/mol. The summed E-state index contributed by atoms with van der Waals surface area (Å²) < 4.78 is 0. The molecule has 106 valence electrons. The first-order valence-corrected chi connectivity index (χ1v) is 8.89. The second-order valence-electron chi connectivity index (χ2n) is 8.09. The summed E-state index contributed by atoms with van der Waals surface area (Å²) in [5.41, 5.74) is 1.01. The molecule has 2 aliphatic rings. The predicted molar refractivity (Wildman–Crippen MR) is 83.3 cm³/mol. The van der Waals surface area contributed by atoms with Gasteiger partial charge in [0.15, 0.2) is 0 Å². The predicted octanol–water partition coefficient (Wildman–Crippen LogP) is 4.47. The van der Waals surface area contributed by atoms with Crippen LogP contribution in [0.15, 0.2) is 0 Å². The fraction of sp³-hybridized carbons (Fsp3) is 1.00. The molecule has 2 saturated carbocycles. The lowest BCUT2D eigenvalue weighted by atomic mass is 9.63. The fourth-order valence-electron chi connectivity index (χ4n) is 4.67. The van der Waals surface area contributed by atoms with Gasteiger partial charge in [0, 0.05) is 17.3 Å². The van der Waals surface area contributed by atoms with E-state index in [1.807, 2.05) is 0 Å². The van der Waals surface area contributed by atoms with E-state index in [2.05, 4.69) is 51.0 Å². The fourth-order valence-corrected chi connectivity index (χ4v) is 5.61. The number of rotatable bonds is 3. The highest BCUT2D eigenvalue weighted by Gasteiger charge is 2.40. The third-order valence-corrected chi connectivity index (χ3v) is 5.93. The normalized spacial score (nSPS) is 35.8. The van der Waals surface area contributed by atoms with Crippen LogP contribution in [0.5, 0.6) is 0 Å². The van der Waals surface area contributed by atoms with Gasteiger partial charge in [-0.3, -0.25) is 0 Å². The molecule has 2 unspecified atom stereocenters. The maximum atomic E-state index is 4.01. The van der Waals surface area contributed by atoms with Crippen LogP contribution in [0.4, 0.5) is 0 Å². The zero-order valence-corrected chi connectivity index (χ0v) is 13.7. The minimum Gasteiger partial charge on any atom is -0.310 e. The third kappa shape index (κ3) is 3.66. The van der Waals surface area contributed by atoms with E-state index >= 15 is 0 Å². The number of thioether (sulfide) groups is 1. The lowest BCUT2D eigenvalue weighted by Gasteiger charge is -2.46. The van der Waals surface area contributed by atoms with Crippen molar-refractivity contribution in [3.8, 4) is 0 Å². The van der Waals surface area contributed by atoms with Gasteiger partial charge < -0.3 is 5.32 Å². The van der Waals surface area contributed by atoms with Crippen molar-refractivity contribution in [2.24, 2.45) is 10.8 Å². The van der Waals surface area contributed by atoms with Crippen LogP contribution in [-0.2, 0) is 0 Å². The molecule has 0 aliphatic heterocycles. The van der Waals surface area contributed by atoms with E-state index < -0.39 is 0 Å². The van der Waals surface area contributed by atoms with Crippen LogP contribution in [-0.4, -0.2) is 23.6 Å². The quantitative estimate of drug-likeness (QED) is 0.811. The standard InChI is InChI=1S/C16H31NS/c1-15(2)9-12(10-16(3,4)11-15)17-13-7-6-8-14(13)18-5/h12-14,17H,6-11H2,1-5H3. The van der Waals surface area contributed by atoms with Crippen molar-refractivity contribution in [1.29, 1.82) is 0 Å². The van der Waals surface area contributed by atoms with E-state index in [1.54, 1.807) is 0 Å². The average Bonchev–Trinajstić information content (AvgIpc) is 2.59. The van der Waals surface area contributed by atoms with E-state index in [1.165, 1.54) is 38.5 Å². The van der Waals surface area contributed by atoms with Gasteiger partial charge in [-0.2, -0.15) is 11.8 Å². The van der Waals surface area contributed by atoms with Crippen LogP contribution >= 0.6 is 11.8 Å². The summed E-state index contributed by atoms with van der Waals surface area (Å²) >= 11 is 2.07. The summed E-state index contributed by atoms with van der Waals surface area (Å²) in [6.07, 6.45) is 10.6. The molecule has 0 aromatic rings. The highest BCUT2D eigenvalue weighted by molar-refractivity contribution is 7.99. The van der Waals surface area contributed by atoms with E-state index in [0.29, 0.717) is 10.8 Å². The molecule has 1 nitrogen and oxygen atoms in total. The largest absolute Gasteiger partial charge is 0.310 e. The minimum absolute atomic E-state index is 0.507. The summed E-state index contributed by atoms with van der Waals surface area (Å²) in [6.45, 7) is 9.79. The molecule has 18 heavy (non-hydrogen) atoms. The van der Waals surface area contributed by atoms with Crippen LogP contribution < -0.4 is 5.32 Å². The Balaban J connectivity index is 1.96. The molecule has 2 rings (SSSR count). The Labute approximate surface area is 118 Å². The Morgan fingerprint density at radius 2 is 1.61 bits per heavy atom. The lowest BCUT2D eigenvalue weighted by Crippen LogP contribution is -2.49. The van der Waals surface area contributed by atoms with Gasteiger partial charge in [0.05, 0.1) is 0 Å². The zero-order chi connectivity index (χ0) is 13.4. The summed E-state index contributed by atoms with van der Waals surface area (Å²) in [7, 11) is 0. The van der Waals surface area contributed by atoms with E-state index in [-0.39, 0.29) is 0 Å². The molecule has 1 N–H and O–H groups in total. The maximum Gasteiger partial charge on any atom is 0.0198 e. The molecule has 0 amide bonds. The molecule has 2 aliphatic carbocycles. The van der Waals surface area contributed by atoms with Gasteiger partial charge in [0.25, 0.3) is 0 Å².